The number of likely N-dealkylation sites (N-methyl/N-ethyl adjacent to an activating group) is 1. The highest BCUT2D eigenvalue weighted by atomic mass is 16.5. The van der Waals surface area contributed by atoms with E-state index in [9.17, 15) is 0 Å². The van der Waals surface area contributed by atoms with E-state index in [1.807, 2.05) is 19.2 Å². The Labute approximate surface area is 105 Å². The van der Waals surface area contributed by atoms with Crippen LogP contribution in [0.5, 0.6) is 5.75 Å². The molecule has 17 heavy (non-hydrogen) atoms. The molecule has 2 atom stereocenters. The summed E-state index contributed by atoms with van der Waals surface area (Å²) in [5.41, 5.74) is 1.24. The minimum Gasteiger partial charge on any atom is -0.489 e. The SMILES string of the molecule is CCCC(NC)C(CC)Oc1cccc(C)c1. The highest BCUT2D eigenvalue weighted by Crippen LogP contribution is 2.18. The molecule has 1 rings (SSSR count). The molecule has 96 valence electrons. The summed E-state index contributed by atoms with van der Waals surface area (Å²) in [6, 6.07) is 8.71. The predicted octanol–water partition coefficient (Wildman–Crippen LogP) is 3.54. The van der Waals surface area contributed by atoms with Gasteiger partial charge in [-0.25, -0.2) is 0 Å². The molecule has 0 saturated heterocycles. The first-order valence-corrected chi connectivity index (χ1v) is 6.61. The maximum Gasteiger partial charge on any atom is 0.120 e. The third kappa shape index (κ3) is 4.39. The van der Waals surface area contributed by atoms with E-state index < -0.39 is 0 Å². The van der Waals surface area contributed by atoms with Gasteiger partial charge in [0.1, 0.15) is 11.9 Å². The van der Waals surface area contributed by atoms with Crippen molar-refractivity contribution in [2.24, 2.45) is 0 Å². The first-order chi connectivity index (χ1) is 8.21. The number of hydrogen-bond acceptors (Lipinski definition) is 2. The molecule has 0 radical (unpaired) electrons. The van der Waals surface area contributed by atoms with Crippen molar-refractivity contribution in [1.82, 2.24) is 5.32 Å². The van der Waals surface area contributed by atoms with E-state index in [0.29, 0.717) is 6.04 Å². The third-order valence-corrected chi connectivity index (χ3v) is 3.10. The van der Waals surface area contributed by atoms with Crippen molar-refractivity contribution in [3.8, 4) is 5.75 Å². The van der Waals surface area contributed by atoms with Crippen LogP contribution in [-0.4, -0.2) is 19.2 Å². The zero-order valence-corrected chi connectivity index (χ0v) is 11.5. The highest BCUT2D eigenvalue weighted by Gasteiger charge is 2.19. The highest BCUT2D eigenvalue weighted by molar-refractivity contribution is 5.27. The molecule has 1 N–H and O–H groups in total. The van der Waals surface area contributed by atoms with Gasteiger partial charge < -0.3 is 10.1 Å². The average molecular weight is 235 g/mol. The van der Waals surface area contributed by atoms with Crippen molar-refractivity contribution >= 4 is 0 Å². The van der Waals surface area contributed by atoms with Crippen molar-refractivity contribution in [3.63, 3.8) is 0 Å². The molecule has 0 heterocycles. The number of ether oxygens (including phenoxy) is 1. The van der Waals surface area contributed by atoms with E-state index in [-0.39, 0.29) is 6.10 Å². The van der Waals surface area contributed by atoms with Gasteiger partial charge in [-0.15, -0.1) is 0 Å². The summed E-state index contributed by atoms with van der Waals surface area (Å²) in [6.45, 7) is 6.49. The second-order valence-electron chi connectivity index (χ2n) is 4.56. The molecule has 0 aliphatic rings. The van der Waals surface area contributed by atoms with Gasteiger partial charge >= 0.3 is 0 Å². The monoisotopic (exact) mass is 235 g/mol. The maximum atomic E-state index is 6.09. The Morgan fingerprint density at radius 2 is 2.06 bits per heavy atom. The normalized spacial score (nSPS) is 14.4. The van der Waals surface area contributed by atoms with Crippen molar-refractivity contribution < 1.29 is 4.74 Å². The largest absolute Gasteiger partial charge is 0.489 e. The minimum absolute atomic E-state index is 0.252. The maximum absolute atomic E-state index is 6.09. The molecule has 0 spiro atoms. The number of benzene rings is 1. The summed E-state index contributed by atoms with van der Waals surface area (Å²) in [4.78, 5) is 0. The smallest absolute Gasteiger partial charge is 0.120 e. The fourth-order valence-corrected chi connectivity index (χ4v) is 2.14. The van der Waals surface area contributed by atoms with Gasteiger partial charge in [-0.1, -0.05) is 32.4 Å². The summed E-state index contributed by atoms with van der Waals surface area (Å²) in [7, 11) is 2.02. The summed E-state index contributed by atoms with van der Waals surface area (Å²) in [5, 5.41) is 3.36. The van der Waals surface area contributed by atoms with Gasteiger partial charge in [0.15, 0.2) is 0 Å². The lowest BCUT2D eigenvalue weighted by Gasteiger charge is -2.26. The topological polar surface area (TPSA) is 21.3 Å². The quantitative estimate of drug-likeness (QED) is 0.780. The van der Waals surface area contributed by atoms with E-state index >= 15 is 0 Å². The number of rotatable bonds is 7. The van der Waals surface area contributed by atoms with E-state index in [0.717, 1.165) is 18.6 Å². The molecular formula is C15H25NO. The van der Waals surface area contributed by atoms with Crippen LogP contribution < -0.4 is 10.1 Å². The van der Waals surface area contributed by atoms with Gasteiger partial charge in [0.2, 0.25) is 0 Å². The fraction of sp³-hybridized carbons (Fsp3) is 0.600. The van der Waals surface area contributed by atoms with E-state index in [1.54, 1.807) is 0 Å². The Balaban J connectivity index is 2.68. The molecule has 0 aliphatic carbocycles. The van der Waals surface area contributed by atoms with Gasteiger partial charge in [-0.05, 0) is 44.5 Å². The average Bonchev–Trinajstić information content (AvgIpc) is 2.33. The summed E-state index contributed by atoms with van der Waals surface area (Å²) in [5.74, 6) is 0.980. The van der Waals surface area contributed by atoms with Crippen LogP contribution in [0.4, 0.5) is 0 Å². The molecule has 0 bridgehead atoms. The van der Waals surface area contributed by atoms with Gasteiger partial charge in [-0.2, -0.15) is 0 Å². The lowest BCUT2D eigenvalue weighted by Crippen LogP contribution is -2.40. The van der Waals surface area contributed by atoms with Crippen LogP contribution in [0.3, 0.4) is 0 Å². The van der Waals surface area contributed by atoms with Crippen LogP contribution >= 0.6 is 0 Å². The van der Waals surface area contributed by atoms with Crippen molar-refractivity contribution in [2.75, 3.05) is 7.05 Å². The third-order valence-electron chi connectivity index (χ3n) is 3.10. The Morgan fingerprint density at radius 1 is 1.29 bits per heavy atom. The second-order valence-corrected chi connectivity index (χ2v) is 4.56. The van der Waals surface area contributed by atoms with Gasteiger partial charge in [0.05, 0.1) is 0 Å². The molecule has 0 aromatic heterocycles. The molecule has 2 unspecified atom stereocenters. The van der Waals surface area contributed by atoms with Crippen LogP contribution in [-0.2, 0) is 0 Å². The van der Waals surface area contributed by atoms with Crippen LogP contribution in [0.25, 0.3) is 0 Å². The number of nitrogens with one attached hydrogen (secondary N) is 1. The standard InChI is InChI=1S/C15H25NO/c1-5-8-14(16-4)15(6-2)17-13-10-7-9-12(3)11-13/h7,9-11,14-16H,5-6,8H2,1-4H3. The van der Waals surface area contributed by atoms with E-state index in [1.165, 1.54) is 12.0 Å². The van der Waals surface area contributed by atoms with Gasteiger partial charge in [0, 0.05) is 6.04 Å². The first-order valence-electron chi connectivity index (χ1n) is 6.61. The fourth-order valence-electron chi connectivity index (χ4n) is 2.14. The van der Waals surface area contributed by atoms with Crippen molar-refractivity contribution in [3.05, 3.63) is 29.8 Å². The first kappa shape index (κ1) is 14.0. The van der Waals surface area contributed by atoms with Crippen molar-refractivity contribution in [1.29, 1.82) is 0 Å². The molecular weight excluding hydrogens is 210 g/mol. The molecule has 1 aromatic rings. The molecule has 1 aromatic carbocycles. The van der Waals surface area contributed by atoms with E-state index in [2.05, 4.69) is 38.2 Å². The molecule has 0 saturated carbocycles. The Kier molecular flexibility index (Phi) is 6.06. The Morgan fingerprint density at radius 3 is 2.59 bits per heavy atom. The zero-order valence-electron chi connectivity index (χ0n) is 11.5. The molecule has 2 nitrogen and oxygen atoms in total. The number of aryl methyl sites for hydroxylation is 1. The Hall–Kier alpha value is -1.02. The number of hydrogen-bond donors (Lipinski definition) is 1. The summed E-state index contributed by atoms with van der Waals surface area (Å²) in [6.07, 6.45) is 3.61. The molecule has 0 aliphatic heterocycles. The molecule has 0 amide bonds. The molecule has 2 heteroatoms. The van der Waals surface area contributed by atoms with Crippen LogP contribution in [0.1, 0.15) is 38.7 Å². The Bertz CT molecular complexity index is 324. The lowest BCUT2D eigenvalue weighted by molar-refractivity contribution is 0.146. The van der Waals surface area contributed by atoms with Crippen molar-refractivity contribution in [2.45, 2.75) is 52.2 Å². The van der Waals surface area contributed by atoms with Crippen LogP contribution in [0.2, 0.25) is 0 Å². The van der Waals surface area contributed by atoms with Gasteiger partial charge in [0.25, 0.3) is 0 Å². The molecule has 0 fully saturated rings. The van der Waals surface area contributed by atoms with Crippen LogP contribution in [0, 0.1) is 6.92 Å². The summed E-state index contributed by atoms with van der Waals surface area (Å²) >= 11 is 0. The zero-order chi connectivity index (χ0) is 12.7. The van der Waals surface area contributed by atoms with Crippen LogP contribution in [0.15, 0.2) is 24.3 Å². The predicted molar refractivity (Wildman–Crippen MR) is 73.6 cm³/mol. The second kappa shape index (κ2) is 7.33. The van der Waals surface area contributed by atoms with E-state index in [4.69, 9.17) is 4.74 Å². The lowest BCUT2D eigenvalue weighted by atomic mass is 10.0. The van der Waals surface area contributed by atoms with Gasteiger partial charge in [-0.3, -0.25) is 0 Å². The summed E-state index contributed by atoms with van der Waals surface area (Å²) < 4.78 is 6.09. The minimum atomic E-state index is 0.252.